The fourth-order valence-corrected chi connectivity index (χ4v) is 5.96. The molecule has 40 heavy (non-hydrogen) atoms. The molecule has 0 aliphatic heterocycles. The highest BCUT2D eigenvalue weighted by Gasteiger charge is 2.20. The summed E-state index contributed by atoms with van der Waals surface area (Å²) in [4.78, 5) is 15.2. The van der Waals surface area contributed by atoms with Gasteiger partial charge in [-0.15, -0.1) is 0 Å². The van der Waals surface area contributed by atoms with Crippen molar-refractivity contribution in [1.29, 1.82) is 5.26 Å². The Morgan fingerprint density at radius 1 is 0.875 bits per heavy atom. The molecule has 2 heterocycles. The molecule has 0 bridgehead atoms. The second kappa shape index (κ2) is 8.91. The van der Waals surface area contributed by atoms with E-state index in [-0.39, 0.29) is 5.56 Å². The van der Waals surface area contributed by atoms with Crippen molar-refractivity contribution in [1.82, 2.24) is 14.8 Å². The molecule has 2 aromatic heterocycles. The number of aromatic amines is 1. The van der Waals surface area contributed by atoms with Crippen molar-refractivity contribution < 1.29 is 0 Å². The number of nitrogens with one attached hydrogen (secondary N) is 1. The quantitative estimate of drug-likeness (QED) is 0.254. The molecular weight excluding hydrogens is 494 g/mol. The van der Waals surface area contributed by atoms with Crippen LogP contribution < -0.4 is 11.3 Å². The summed E-state index contributed by atoms with van der Waals surface area (Å²) in [6, 6.07) is 27.4. The molecule has 6 nitrogen and oxygen atoms in total. The molecule has 0 amide bonds. The van der Waals surface area contributed by atoms with Crippen LogP contribution in [0, 0.1) is 18.3 Å². The van der Waals surface area contributed by atoms with E-state index in [1.165, 1.54) is 10.8 Å². The number of nitrogens with zero attached hydrogens (tertiary/aromatic N) is 3. The molecule has 7 rings (SSSR count). The summed E-state index contributed by atoms with van der Waals surface area (Å²) >= 11 is 0. The number of pyridine rings is 1. The van der Waals surface area contributed by atoms with Crippen molar-refractivity contribution >= 4 is 43.1 Å². The molecule has 192 valence electrons. The molecular formula is C34H25N5O. The van der Waals surface area contributed by atoms with Gasteiger partial charge in [0.2, 0.25) is 0 Å². The van der Waals surface area contributed by atoms with E-state index in [1.807, 2.05) is 42.2 Å². The molecule has 7 aromatic rings. The van der Waals surface area contributed by atoms with E-state index in [2.05, 4.69) is 71.6 Å². The average Bonchev–Trinajstić information content (AvgIpc) is 3.36. The number of fused-ring (bicyclic) bond motifs is 4. The first-order valence-electron chi connectivity index (χ1n) is 13.1. The van der Waals surface area contributed by atoms with Gasteiger partial charge in [-0.1, -0.05) is 30.3 Å². The Morgan fingerprint density at radius 2 is 1.60 bits per heavy atom. The van der Waals surface area contributed by atoms with Crippen LogP contribution in [0.5, 0.6) is 0 Å². The predicted octanol–water partition coefficient (Wildman–Crippen LogP) is 6.69. The minimum atomic E-state index is -0.151. The third-order valence-corrected chi connectivity index (χ3v) is 7.99. The number of rotatable bonds is 3. The number of aromatic nitrogens is 3. The fraction of sp³-hybridized carbons (Fsp3) is 0.0882. The van der Waals surface area contributed by atoms with Crippen LogP contribution in [0.1, 0.15) is 16.7 Å². The van der Waals surface area contributed by atoms with Gasteiger partial charge >= 0.3 is 0 Å². The van der Waals surface area contributed by atoms with E-state index >= 15 is 0 Å². The monoisotopic (exact) mass is 519 g/mol. The Morgan fingerprint density at radius 3 is 2.30 bits per heavy atom. The van der Waals surface area contributed by atoms with Gasteiger partial charge in [0.1, 0.15) is 6.07 Å². The highest BCUT2D eigenvalue weighted by atomic mass is 16.1. The summed E-state index contributed by atoms with van der Waals surface area (Å²) in [7, 11) is 1.89. The first-order chi connectivity index (χ1) is 19.5. The number of H-pyrrole nitrogens is 1. The van der Waals surface area contributed by atoms with E-state index in [1.54, 1.807) is 6.20 Å². The molecule has 0 aliphatic rings. The Labute approximate surface area is 229 Å². The topological polar surface area (TPSA) is 100 Å². The molecule has 0 saturated carbocycles. The molecule has 6 heteroatoms. The Bertz CT molecular complexity index is 2270. The van der Waals surface area contributed by atoms with Gasteiger partial charge in [-0.2, -0.15) is 10.4 Å². The SMILES string of the molecule is Cc1cc(-c2c(-c3ccc4c(=O)[nH]cc(CN)c4c3)cnn2C)c(C#N)c2cc3cc4ccccc4cc3cc12. The van der Waals surface area contributed by atoms with Crippen molar-refractivity contribution in [3.8, 4) is 28.5 Å². The third kappa shape index (κ3) is 3.53. The van der Waals surface area contributed by atoms with E-state index < -0.39 is 0 Å². The van der Waals surface area contributed by atoms with Gasteiger partial charge < -0.3 is 10.7 Å². The molecule has 0 atom stereocenters. The third-order valence-electron chi connectivity index (χ3n) is 7.99. The van der Waals surface area contributed by atoms with Crippen LogP contribution in [-0.2, 0) is 13.6 Å². The summed E-state index contributed by atoms with van der Waals surface area (Å²) in [5, 5.41) is 23.1. The molecule has 0 unspecified atom stereocenters. The Hall–Kier alpha value is -5.25. The van der Waals surface area contributed by atoms with Crippen molar-refractivity contribution in [2.45, 2.75) is 13.5 Å². The van der Waals surface area contributed by atoms with Crippen molar-refractivity contribution in [2.75, 3.05) is 0 Å². The van der Waals surface area contributed by atoms with Gasteiger partial charge in [0.05, 0.1) is 17.5 Å². The smallest absolute Gasteiger partial charge is 0.255 e. The molecule has 5 aromatic carbocycles. The molecule has 0 spiro atoms. The fourth-order valence-electron chi connectivity index (χ4n) is 5.96. The molecule has 0 radical (unpaired) electrons. The molecule has 3 N–H and O–H groups in total. The van der Waals surface area contributed by atoms with Crippen LogP contribution in [-0.4, -0.2) is 14.8 Å². The summed E-state index contributed by atoms with van der Waals surface area (Å²) < 4.78 is 1.82. The molecule has 0 saturated heterocycles. The van der Waals surface area contributed by atoms with Crippen LogP contribution in [0.15, 0.2) is 90.0 Å². The van der Waals surface area contributed by atoms with Crippen molar-refractivity contribution in [2.24, 2.45) is 12.8 Å². The van der Waals surface area contributed by atoms with Crippen LogP contribution in [0.2, 0.25) is 0 Å². The summed E-state index contributed by atoms with van der Waals surface area (Å²) in [5.74, 6) is 0. The van der Waals surface area contributed by atoms with E-state index in [9.17, 15) is 10.1 Å². The van der Waals surface area contributed by atoms with Crippen LogP contribution in [0.4, 0.5) is 0 Å². The highest BCUT2D eigenvalue weighted by Crippen LogP contribution is 2.40. The van der Waals surface area contributed by atoms with Crippen LogP contribution in [0.3, 0.4) is 0 Å². The van der Waals surface area contributed by atoms with E-state index in [0.717, 1.165) is 60.4 Å². The summed E-state index contributed by atoms with van der Waals surface area (Å²) in [6.45, 7) is 2.40. The zero-order valence-electron chi connectivity index (χ0n) is 22.1. The standard InChI is InChI=1S/C34H25N5O/c1-19-9-30(31(16-36)29-14-24-11-21-6-4-3-5-20(21)10-23(24)13-27(19)29)33-32(18-38-39(33)2)22-7-8-26-28(12-22)25(15-35)17-37-34(26)40/h3-14,17-18H,15,35H2,1-2H3,(H,37,40). The lowest BCUT2D eigenvalue weighted by molar-refractivity contribution is 0.776. The summed E-state index contributed by atoms with van der Waals surface area (Å²) in [6.07, 6.45) is 3.49. The maximum absolute atomic E-state index is 12.4. The van der Waals surface area contributed by atoms with E-state index in [0.29, 0.717) is 17.5 Å². The number of hydrogen-bond acceptors (Lipinski definition) is 4. The number of nitrogens with two attached hydrogens (primary N) is 1. The Balaban J connectivity index is 1.50. The maximum Gasteiger partial charge on any atom is 0.255 e. The lowest BCUT2D eigenvalue weighted by Gasteiger charge is -2.15. The lowest BCUT2D eigenvalue weighted by atomic mass is 9.89. The minimum absolute atomic E-state index is 0.151. The predicted molar refractivity (Wildman–Crippen MR) is 162 cm³/mol. The zero-order chi connectivity index (χ0) is 27.5. The zero-order valence-corrected chi connectivity index (χ0v) is 22.1. The van der Waals surface area contributed by atoms with Gasteiger partial charge in [-0.3, -0.25) is 9.48 Å². The minimum Gasteiger partial charge on any atom is -0.328 e. The summed E-state index contributed by atoms with van der Waals surface area (Å²) in [5.41, 5.74) is 11.9. The van der Waals surface area contributed by atoms with Gasteiger partial charge in [-0.05, 0) is 98.4 Å². The van der Waals surface area contributed by atoms with Crippen LogP contribution >= 0.6 is 0 Å². The first kappa shape index (κ1) is 23.8. The number of nitriles is 1. The Kier molecular flexibility index (Phi) is 5.31. The normalized spacial score (nSPS) is 11.6. The van der Waals surface area contributed by atoms with Gasteiger partial charge in [0.25, 0.3) is 5.56 Å². The largest absolute Gasteiger partial charge is 0.328 e. The van der Waals surface area contributed by atoms with Crippen molar-refractivity contribution in [3.05, 3.63) is 112 Å². The average molecular weight is 520 g/mol. The van der Waals surface area contributed by atoms with Gasteiger partial charge in [0, 0.05) is 41.7 Å². The molecule has 0 fully saturated rings. The van der Waals surface area contributed by atoms with Crippen molar-refractivity contribution in [3.63, 3.8) is 0 Å². The second-order valence-corrected chi connectivity index (χ2v) is 10.3. The van der Waals surface area contributed by atoms with Gasteiger partial charge in [0.15, 0.2) is 0 Å². The molecule has 0 aliphatic carbocycles. The van der Waals surface area contributed by atoms with Gasteiger partial charge in [-0.25, -0.2) is 0 Å². The van der Waals surface area contributed by atoms with E-state index in [4.69, 9.17) is 5.73 Å². The maximum atomic E-state index is 12.4. The number of benzene rings is 5. The second-order valence-electron chi connectivity index (χ2n) is 10.3. The first-order valence-corrected chi connectivity index (χ1v) is 13.1. The highest BCUT2D eigenvalue weighted by molar-refractivity contribution is 6.08. The van der Waals surface area contributed by atoms with Crippen LogP contribution in [0.25, 0.3) is 65.5 Å². The number of hydrogen-bond donors (Lipinski definition) is 2. The number of aryl methyl sites for hydroxylation is 2. The lowest BCUT2D eigenvalue weighted by Crippen LogP contribution is -2.09.